The van der Waals surface area contributed by atoms with Gasteiger partial charge in [-0.2, -0.15) is 0 Å². The molecule has 3 aromatic carbocycles. The van der Waals surface area contributed by atoms with Crippen LogP contribution in [0.25, 0.3) is 10.8 Å². The third kappa shape index (κ3) is 4.87. The zero-order valence-electron chi connectivity index (χ0n) is 16.5. The number of amides is 1. The van der Waals surface area contributed by atoms with Gasteiger partial charge in [0.25, 0.3) is 0 Å². The van der Waals surface area contributed by atoms with Crippen LogP contribution < -0.4 is 4.74 Å². The van der Waals surface area contributed by atoms with Gasteiger partial charge in [0.05, 0.1) is 13.7 Å². The van der Waals surface area contributed by atoms with E-state index in [0.29, 0.717) is 19.6 Å². The molecule has 4 nitrogen and oxygen atoms in total. The van der Waals surface area contributed by atoms with Crippen molar-refractivity contribution in [2.24, 2.45) is 0 Å². The lowest BCUT2D eigenvalue weighted by Crippen LogP contribution is -2.36. The summed E-state index contributed by atoms with van der Waals surface area (Å²) in [6.45, 7) is 1.33. The molecule has 146 valence electrons. The van der Waals surface area contributed by atoms with E-state index in [9.17, 15) is 9.18 Å². The van der Waals surface area contributed by atoms with Crippen molar-refractivity contribution in [2.45, 2.75) is 13.1 Å². The first kappa shape index (κ1) is 19.8. The van der Waals surface area contributed by atoms with Crippen LogP contribution in [0.15, 0.2) is 60.7 Å². The fourth-order valence-corrected chi connectivity index (χ4v) is 3.23. The Labute approximate surface area is 165 Å². The summed E-state index contributed by atoms with van der Waals surface area (Å²) in [4.78, 5) is 16.1. The van der Waals surface area contributed by atoms with Crippen molar-refractivity contribution >= 4 is 16.7 Å². The van der Waals surface area contributed by atoms with Crippen molar-refractivity contribution in [3.8, 4) is 5.75 Å². The zero-order chi connectivity index (χ0) is 20.1. The Bertz CT molecular complexity index is 974. The molecule has 0 saturated carbocycles. The molecule has 0 aromatic heterocycles. The monoisotopic (exact) mass is 380 g/mol. The SMILES string of the molecule is COc1ccc(CN(C)C(=O)CN(C)Cc2ccc3ccccc3c2)cc1F. The van der Waals surface area contributed by atoms with E-state index in [1.165, 1.54) is 23.9 Å². The van der Waals surface area contributed by atoms with Crippen molar-refractivity contribution in [2.75, 3.05) is 27.7 Å². The maximum atomic E-state index is 13.8. The molecule has 3 aromatic rings. The molecule has 0 aliphatic rings. The van der Waals surface area contributed by atoms with Gasteiger partial charge in [0.2, 0.25) is 5.91 Å². The average Bonchev–Trinajstić information content (AvgIpc) is 2.68. The van der Waals surface area contributed by atoms with Gasteiger partial charge in [0, 0.05) is 20.1 Å². The van der Waals surface area contributed by atoms with Gasteiger partial charge in [-0.3, -0.25) is 9.69 Å². The minimum absolute atomic E-state index is 0.0143. The molecule has 0 aliphatic heterocycles. The highest BCUT2D eigenvalue weighted by Gasteiger charge is 2.14. The fraction of sp³-hybridized carbons (Fsp3) is 0.261. The lowest BCUT2D eigenvalue weighted by Gasteiger charge is -2.22. The number of hydrogen-bond donors (Lipinski definition) is 0. The Morgan fingerprint density at radius 2 is 1.61 bits per heavy atom. The van der Waals surface area contributed by atoms with Gasteiger partial charge in [0.1, 0.15) is 0 Å². The van der Waals surface area contributed by atoms with Crippen LogP contribution in [-0.2, 0) is 17.9 Å². The van der Waals surface area contributed by atoms with Crippen LogP contribution in [0, 0.1) is 5.82 Å². The summed E-state index contributed by atoms with van der Waals surface area (Å²) in [6, 6.07) is 19.3. The van der Waals surface area contributed by atoms with Gasteiger partial charge in [-0.15, -0.1) is 0 Å². The first-order valence-corrected chi connectivity index (χ1v) is 9.19. The second kappa shape index (κ2) is 8.85. The molecule has 0 N–H and O–H groups in total. The van der Waals surface area contributed by atoms with Crippen LogP contribution in [0.3, 0.4) is 0 Å². The molecule has 0 unspecified atom stereocenters. The number of methoxy groups -OCH3 is 1. The largest absolute Gasteiger partial charge is 0.494 e. The summed E-state index contributed by atoms with van der Waals surface area (Å²) in [5, 5.41) is 2.40. The lowest BCUT2D eigenvalue weighted by atomic mass is 10.1. The Balaban J connectivity index is 1.57. The van der Waals surface area contributed by atoms with Gasteiger partial charge in [-0.25, -0.2) is 4.39 Å². The molecule has 0 saturated heterocycles. The Morgan fingerprint density at radius 3 is 2.32 bits per heavy atom. The number of benzene rings is 3. The highest BCUT2D eigenvalue weighted by molar-refractivity contribution is 5.83. The van der Waals surface area contributed by atoms with E-state index < -0.39 is 5.82 Å². The number of carbonyl (C=O) groups excluding carboxylic acids is 1. The smallest absolute Gasteiger partial charge is 0.236 e. The second-order valence-electron chi connectivity index (χ2n) is 7.07. The molecule has 0 bridgehead atoms. The summed E-state index contributed by atoms with van der Waals surface area (Å²) < 4.78 is 18.8. The van der Waals surface area contributed by atoms with Crippen LogP contribution >= 0.6 is 0 Å². The van der Waals surface area contributed by atoms with Gasteiger partial charge in [-0.05, 0) is 47.1 Å². The maximum Gasteiger partial charge on any atom is 0.236 e. The van der Waals surface area contributed by atoms with Gasteiger partial charge >= 0.3 is 0 Å². The van der Waals surface area contributed by atoms with Crippen molar-refractivity contribution in [3.05, 3.63) is 77.6 Å². The molecule has 5 heteroatoms. The van der Waals surface area contributed by atoms with Gasteiger partial charge < -0.3 is 9.64 Å². The van der Waals surface area contributed by atoms with Crippen molar-refractivity contribution in [3.63, 3.8) is 0 Å². The van der Waals surface area contributed by atoms with Crippen molar-refractivity contribution in [1.82, 2.24) is 9.80 Å². The number of carbonyl (C=O) groups is 1. The van der Waals surface area contributed by atoms with E-state index in [1.54, 1.807) is 24.1 Å². The summed E-state index contributed by atoms with van der Waals surface area (Å²) in [5.41, 5.74) is 1.89. The standard InChI is InChI=1S/C23H25FN2O2/c1-25(14-17-8-10-19-6-4-5-7-20(19)12-17)16-23(27)26(2)15-18-9-11-22(28-3)21(24)13-18/h4-13H,14-16H2,1-3H3. The topological polar surface area (TPSA) is 32.8 Å². The quantitative estimate of drug-likeness (QED) is 0.619. The molecule has 0 spiro atoms. The molecule has 0 heterocycles. The first-order chi connectivity index (χ1) is 13.5. The maximum absolute atomic E-state index is 13.8. The predicted octanol–water partition coefficient (Wildman–Crippen LogP) is 4.08. The third-order valence-electron chi connectivity index (χ3n) is 4.73. The molecular formula is C23H25FN2O2. The zero-order valence-corrected chi connectivity index (χ0v) is 16.5. The lowest BCUT2D eigenvalue weighted by molar-refractivity contribution is -0.131. The van der Waals surface area contributed by atoms with Crippen LogP contribution in [0.2, 0.25) is 0 Å². The Kier molecular flexibility index (Phi) is 6.26. The summed E-state index contributed by atoms with van der Waals surface area (Å²) in [6.07, 6.45) is 0. The Morgan fingerprint density at radius 1 is 0.929 bits per heavy atom. The van der Waals surface area contributed by atoms with E-state index in [0.717, 1.165) is 11.1 Å². The predicted molar refractivity (Wildman–Crippen MR) is 110 cm³/mol. The number of hydrogen-bond acceptors (Lipinski definition) is 3. The van der Waals surface area contributed by atoms with Crippen molar-refractivity contribution in [1.29, 1.82) is 0 Å². The molecule has 3 rings (SSSR count). The van der Waals surface area contributed by atoms with E-state index in [2.05, 4.69) is 30.3 Å². The summed E-state index contributed by atoms with van der Waals surface area (Å²) >= 11 is 0. The normalized spacial score (nSPS) is 11.0. The Hall–Kier alpha value is -2.92. The number of halogens is 1. The number of fused-ring (bicyclic) bond motifs is 1. The van der Waals surface area contributed by atoms with Crippen LogP contribution in [0.5, 0.6) is 5.75 Å². The average molecular weight is 380 g/mol. The minimum atomic E-state index is -0.422. The van der Waals surface area contributed by atoms with Crippen LogP contribution in [0.4, 0.5) is 4.39 Å². The molecule has 0 radical (unpaired) electrons. The second-order valence-corrected chi connectivity index (χ2v) is 7.07. The number of rotatable bonds is 7. The van der Waals surface area contributed by atoms with E-state index in [1.807, 2.05) is 24.1 Å². The highest BCUT2D eigenvalue weighted by atomic mass is 19.1. The summed E-state index contributed by atoms with van der Waals surface area (Å²) in [7, 11) is 5.08. The minimum Gasteiger partial charge on any atom is -0.494 e. The number of nitrogens with zero attached hydrogens (tertiary/aromatic N) is 2. The number of likely N-dealkylation sites (N-methyl/N-ethyl adjacent to an activating group) is 2. The van der Waals surface area contributed by atoms with Gasteiger partial charge in [-0.1, -0.05) is 42.5 Å². The molecule has 28 heavy (non-hydrogen) atoms. The van der Waals surface area contributed by atoms with E-state index in [-0.39, 0.29) is 11.7 Å². The molecular weight excluding hydrogens is 355 g/mol. The van der Waals surface area contributed by atoms with Gasteiger partial charge in [0.15, 0.2) is 11.6 Å². The highest BCUT2D eigenvalue weighted by Crippen LogP contribution is 2.19. The molecule has 0 aliphatic carbocycles. The third-order valence-corrected chi connectivity index (χ3v) is 4.73. The molecule has 0 fully saturated rings. The molecule has 1 amide bonds. The first-order valence-electron chi connectivity index (χ1n) is 9.19. The molecule has 0 atom stereocenters. The van der Waals surface area contributed by atoms with Crippen LogP contribution in [-0.4, -0.2) is 43.5 Å². The van der Waals surface area contributed by atoms with E-state index >= 15 is 0 Å². The summed E-state index contributed by atoms with van der Waals surface area (Å²) in [5.74, 6) is -0.235. The van der Waals surface area contributed by atoms with E-state index in [4.69, 9.17) is 4.74 Å². The van der Waals surface area contributed by atoms with Crippen LogP contribution in [0.1, 0.15) is 11.1 Å². The van der Waals surface area contributed by atoms with Crippen molar-refractivity contribution < 1.29 is 13.9 Å². The number of ether oxygens (including phenoxy) is 1. The fourth-order valence-electron chi connectivity index (χ4n) is 3.23.